The number of nitrogens with zero attached hydrogens (tertiary/aromatic N) is 3. The first kappa shape index (κ1) is 13.3. The molecule has 0 aromatic carbocycles. The number of hydrogen-bond acceptors (Lipinski definition) is 4. The zero-order valence-electron chi connectivity index (χ0n) is 9.22. The van der Waals surface area contributed by atoms with E-state index in [1.54, 1.807) is 0 Å². The Kier molecular flexibility index (Phi) is 3.66. The maximum Gasteiger partial charge on any atom is 0.339 e. The van der Waals surface area contributed by atoms with Gasteiger partial charge in [0.1, 0.15) is 17.0 Å². The molecule has 98 valence electrons. The van der Waals surface area contributed by atoms with Gasteiger partial charge in [-0.3, -0.25) is 4.98 Å². The van der Waals surface area contributed by atoms with Crippen molar-refractivity contribution in [1.82, 2.24) is 15.0 Å². The van der Waals surface area contributed by atoms with Crippen LogP contribution in [0.5, 0.6) is 0 Å². The molecule has 0 atom stereocenters. The highest BCUT2D eigenvalue weighted by molar-refractivity contribution is 6.30. The van der Waals surface area contributed by atoms with Crippen LogP contribution in [0.25, 0.3) is 11.5 Å². The molecular weight excluding hydrogens is 280 g/mol. The van der Waals surface area contributed by atoms with E-state index in [4.69, 9.17) is 16.7 Å². The lowest BCUT2D eigenvalue weighted by molar-refractivity contribution is 0.0681. The van der Waals surface area contributed by atoms with Gasteiger partial charge in [0, 0.05) is 12.4 Å². The van der Waals surface area contributed by atoms with Crippen LogP contribution in [0.2, 0.25) is 5.02 Å². The number of alkyl halides is 2. The van der Waals surface area contributed by atoms with Crippen LogP contribution in [0.1, 0.15) is 22.5 Å². The highest BCUT2D eigenvalue weighted by Crippen LogP contribution is 2.23. The molecule has 0 unspecified atom stereocenters. The Bertz CT molecular complexity index is 620. The average Bonchev–Trinajstić information content (AvgIpc) is 2.38. The molecule has 0 spiro atoms. The van der Waals surface area contributed by atoms with Crippen molar-refractivity contribution in [3.63, 3.8) is 0 Å². The molecule has 0 bridgehead atoms. The van der Waals surface area contributed by atoms with Gasteiger partial charge in [0.05, 0.1) is 5.02 Å². The maximum atomic E-state index is 12.8. The molecule has 0 saturated carbocycles. The van der Waals surface area contributed by atoms with Crippen molar-refractivity contribution in [2.45, 2.75) is 6.43 Å². The van der Waals surface area contributed by atoms with Crippen molar-refractivity contribution in [3.05, 3.63) is 40.8 Å². The lowest BCUT2D eigenvalue weighted by Gasteiger charge is -2.06. The molecular formula is C11H6ClF2N3O2. The number of aromatic nitrogens is 3. The van der Waals surface area contributed by atoms with Crippen molar-refractivity contribution in [2.24, 2.45) is 0 Å². The Morgan fingerprint density at radius 1 is 1.26 bits per heavy atom. The summed E-state index contributed by atoms with van der Waals surface area (Å²) in [6.45, 7) is 0. The van der Waals surface area contributed by atoms with Crippen molar-refractivity contribution in [2.75, 3.05) is 0 Å². The second-order valence-electron chi connectivity index (χ2n) is 3.46. The highest BCUT2D eigenvalue weighted by Gasteiger charge is 2.21. The summed E-state index contributed by atoms with van der Waals surface area (Å²) >= 11 is 5.65. The van der Waals surface area contributed by atoms with Gasteiger partial charge < -0.3 is 5.11 Å². The summed E-state index contributed by atoms with van der Waals surface area (Å²) in [5.41, 5.74) is -1.25. The molecule has 2 aromatic heterocycles. The minimum atomic E-state index is -3.01. The number of carboxylic acid groups (broad SMARTS) is 1. The number of carboxylic acids is 1. The van der Waals surface area contributed by atoms with Crippen LogP contribution in [-0.2, 0) is 0 Å². The summed E-state index contributed by atoms with van der Waals surface area (Å²) in [6, 6.07) is 2.95. The van der Waals surface area contributed by atoms with Gasteiger partial charge in [-0.25, -0.2) is 23.5 Å². The second kappa shape index (κ2) is 5.23. The smallest absolute Gasteiger partial charge is 0.339 e. The first-order valence-electron chi connectivity index (χ1n) is 4.99. The Morgan fingerprint density at radius 2 is 2.00 bits per heavy atom. The third-order valence-corrected chi connectivity index (χ3v) is 2.44. The fourth-order valence-corrected chi connectivity index (χ4v) is 1.47. The summed E-state index contributed by atoms with van der Waals surface area (Å²) in [5, 5.41) is 9.14. The lowest BCUT2D eigenvalue weighted by Crippen LogP contribution is -2.08. The number of halogens is 3. The SMILES string of the molecule is O=C(O)c1cnc(-c2ccc(Cl)cn2)nc1C(F)F. The highest BCUT2D eigenvalue weighted by atomic mass is 35.5. The molecule has 2 rings (SSSR count). The van der Waals surface area contributed by atoms with E-state index < -0.39 is 23.7 Å². The molecule has 0 fully saturated rings. The normalized spacial score (nSPS) is 10.7. The molecule has 19 heavy (non-hydrogen) atoms. The fourth-order valence-electron chi connectivity index (χ4n) is 1.36. The zero-order valence-corrected chi connectivity index (χ0v) is 9.97. The number of hydrogen-bond donors (Lipinski definition) is 1. The van der Waals surface area contributed by atoms with E-state index in [2.05, 4.69) is 15.0 Å². The van der Waals surface area contributed by atoms with Crippen LogP contribution in [0.4, 0.5) is 8.78 Å². The van der Waals surface area contributed by atoms with E-state index in [0.717, 1.165) is 6.20 Å². The largest absolute Gasteiger partial charge is 0.478 e. The quantitative estimate of drug-likeness (QED) is 0.938. The topological polar surface area (TPSA) is 76.0 Å². The number of pyridine rings is 1. The third-order valence-electron chi connectivity index (χ3n) is 2.21. The summed E-state index contributed by atoms with van der Waals surface area (Å²) in [5.74, 6) is -1.59. The molecule has 0 aliphatic heterocycles. The molecule has 0 amide bonds. The predicted octanol–water partition coefficient (Wildman–Crippen LogP) is 2.83. The minimum absolute atomic E-state index is 0.0861. The first-order chi connectivity index (χ1) is 8.99. The number of rotatable bonds is 3. The third kappa shape index (κ3) is 2.82. The van der Waals surface area contributed by atoms with Crippen molar-refractivity contribution in [1.29, 1.82) is 0 Å². The lowest BCUT2D eigenvalue weighted by atomic mass is 10.2. The summed E-state index contributed by atoms with van der Waals surface area (Å²) in [4.78, 5) is 21.9. The first-order valence-corrected chi connectivity index (χ1v) is 5.37. The van der Waals surface area contributed by atoms with E-state index in [1.165, 1.54) is 18.3 Å². The Morgan fingerprint density at radius 3 is 2.53 bits per heavy atom. The van der Waals surface area contributed by atoms with Gasteiger partial charge in [-0.2, -0.15) is 0 Å². The standard InChI is InChI=1S/C11H6ClF2N3O2/c12-5-1-2-7(15-3-5)10-16-4-6(11(18)19)8(17-10)9(13)14/h1-4,9H,(H,18,19). The Labute approximate surface area is 110 Å². The van der Waals surface area contributed by atoms with Crippen molar-refractivity contribution < 1.29 is 18.7 Å². The number of aromatic carboxylic acids is 1. The molecule has 1 N–H and O–H groups in total. The summed E-state index contributed by atoms with van der Waals surface area (Å²) in [7, 11) is 0. The van der Waals surface area contributed by atoms with Crippen LogP contribution in [-0.4, -0.2) is 26.0 Å². The summed E-state index contributed by atoms with van der Waals surface area (Å²) < 4.78 is 25.5. The van der Waals surface area contributed by atoms with Crippen molar-refractivity contribution in [3.8, 4) is 11.5 Å². The Balaban J connectivity index is 2.52. The van der Waals surface area contributed by atoms with Crippen LogP contribution >= 0.6 is 11.6 Å². The average molecular weight is 286 g/mol. The van der Waals surface area contributed by atoms with E-state index in [0.29, 0.717) is 5.02 Å². The Hall–Kier alpha value is -2.15. The van der Waals surface area contributed by atoms with Gasteiger partial charge in [0.25, 0.3) is 6.43 Å². The van der Waals surface area contributed by atoms with Gasteiger partial charge in [-0.15, -0.1) is 0 Å². The zero-order chi connectivity index (χ0) is 14.0. The predicted molar refractivity (Wildman–Crippen MR) is 62.2 cm³/mol. The molecule has 8 heteroatoms. The molecule has 2 aromatic rings. The van der Waals surface area contributed by atoms with Gasteiger partial charge in [-0.1, -0.05) is 11.6 Å². The van der Waals surface area contributed by atoms with Gasteiger partial charge in [0.2, 0.25) is 0 Å². The molecule has 0 aliphatic rings. The van der Waals surface area contributed by atoms with Crippen LogP contribution in [0.3, 0.4) is 0 Å². The van der Waals surface area contributed by atoms with Crippen LogP contribution in [0, 0.1) is 0 Å². The van der Waals surface area contributed by atoms with Crippen LogP contribution in [0.15, 0.2) is 24.5 Å². The molecule has 2 heterocycles. The molecule has 5 nitrogen and oxygen atoms in total. The van der Waals surface area contributed by atoms with E-state index >= 15 is 0 Å². The molecule has 0 aliphatic carbocycles. The van der Waals surface area contributed by atoms with E-state index in [9.17, 15) is 13.6 Å². The van der Waals surface area contributed by atoms with Gasteiger partial charge >= 0.3 is 5.97 Å². The summed E-state index contributed by atoms with van der Waals surface area (Å²) in [6.07, 6.45) is -0.865. The van der Waals surface area contributed by atoms with Crippen molar-refractivity contribution >= 4 is 17.6 Å². The molecule has 0 radical (unpaired) electrons. The van der Waals surface area contributed by atoms with Gasteiger partial charge in [-0.05, 0) is 12.1 Å². The van der Waals surface area contributed by atoms with E-state index in [-0.39, 0.29) is 11.5 Å². The second-order valence-corrected chi connectivity index (χ2v) is 3.90. The number of carbonyl (C=O) groups is 1. The molecule has 0 saturated heterocycles. The monoisotopic (exact) mass is 285 g/mol. The van der Waals surface area contributed by atoms with Gasteiger partial charge in [0.15, 0.2) is 5.82 Å². The van der Waals surface area contributed by atoms with E-state index in [1.807, 2.05) is 0 Å². The van der Waals surface area contributed by atoms with Crippen LogP contribution < -0.4 is 0 Å². The fraction of sp³-hybridized carbons (Fsp3) is 0.0909. The maximum absolute atomic E-state index is 12.8. The minimum Gasteiger partial charge on any atom is -0.478 e.